The standard InChI is InChI=1S/C17H23N3/c1-20(16-6-4-11-18-12-10-16)13-15-9-8-14-5-2-3-7-17(14)19-15/h2-3,5,7-9,16,18H,4,6,10-13H2,1H3. The van der Waals surface area contributed by atoms with Gasteiger partial charge in [-0.25, -0.2) is 0 Å². The third-order valence-electron chi connectivity index (χ3n) is 4.24. The second-order valence-corrected chi connectivity index (χ2v) is 5.75. The Balaban J connectivity index is 1.71. The lowest BCUT2D eigenvalue weighted by Gasteiger charge is -2.26. The van der Waals surface area contributed by atoms with Crippen LogP contribution in [0.15, 0.2) is 36.4 Å². The molecule has 1 unspecified atom stereocenters. The van der Waals surface area contributed by atoms with E-state index >= 15 is 0 Å². The molecule has 106 valence electrons. The Bertz CT molecular complexity index is 559. The number of benzene rings is 1. The molecular formula is C17H23N3. The molecule has 20 heavy (non-hydrogen) atoms. The third-order valence-corrected chi connectivity index (χ3v) is 4.24. The first-order valence-electron chi connectivity index (χ1n) is 7.58. The predicted octanol–water partition coefficient (Wildman–Crippen LogP) is 2.81. The van der Waals surface area contributed by atoms with Crippen LogP contribution >= 0.6 is 0 Å². The zero-order valence-electron chi connectivity index (χ0n) is 12.2. The zero-order valence-corrected chi connectivity index (χ0v) is 12.2. The molecule has 1 atom stereocenters. The normalized spacial score (nSPS) is 20.2. The quantitative estimate of drug-likeness (QED) is 0.928. The van der Waals surface area contributed by atoms with Crippen LogP contribution in [0.5, 0.6) is 0 Å². The van der Waals surface area contributed by atoms with E-state index in [2.05, 4.69) is 53.7 Å². The fraction of sp³-hybridized carbons (Fsp3) is 0.471. The molecule has 1 N–H and O–H groups in total. The highest BCUT2D eigenvalue weighted by Gasteiger charge is 2.17. The van der Waals surface area contributed by atoms with Gasteiger partial charge in [-0.15, -0.1) is 0 Å². The summed E-state index contributed by atoms with van der Waals surface area (Å²) < 4.78 is 0. The van der Waals surface area contributed by atoms with Crippen molar-refractivity contribution < 1.29 is 0 Å². The highest BCUT2D eigenvalue weighted by Crippen LogP contribution is 2.16. The minimum absolute atomic E-state index is 0.679. The van der Waals surface area contributed by atoms with Gasteiger partial charge in [-0.1, -0.05) is 24.3 Å². The van der Waals surface area contributed by atoms with E-state index in [0.29, 0.717) is 6.04 Å². The molecule has 0 bridgehead atoms. The molecule has 0 radical (unpaired) electrons. The Morgan fingerprint density at radius 3 is 3.00 bits per heavy atom. The molecular weight excluding hydrogens is 246 g/mol. The number of nitrogens with one attached hydrogen (secondary N) is 1. The van der Waals surface area contributed by atoms with Crippen LogP contribution in [0.3, 0.4) is 0 Å². The molecule has 3 heteroatoms. The lowest BCUT2D eigenvalue weighted by Crippen LogP contribution is -2.32. The topological polar surface area (TPSA) is 28.2 Å². The summed E-state index contributed by atoms with van der Waals surface area (Å²) in [5.41, 5.74) is 2.27. The molecule has 1 saturated heterocycles. The van der Waals surface area contributed by atoms with Crippen LogP contribution in [0.4, 0.5) is 0 Å². The smallest absolute Gasteiger partial charge is 0.0705 e. The van der Waals surface area contributed by atoms with Gasteiger partial charge in [0.2, 0.25) is 0 Å². The maximum absolute atomic E-state index is 4.78. The number of rotatable bonds is 3. The van der Waals surface area contributed by atoms with Crippen molar-refractivity contribution in [3.63, 3.8) is 0 Å². The van der Waals surface area contributed by atoms with Crippen LogP contribution in [0.25, 0.3) is 10.9 Å². The number of hydrogen-bond donors (Lipinski definition) is 1. The predicted molar refractivity (Wildman–Crippen MR) is 83.7 cm³/mol. The van der Waals surface area contributed by atoms with E-state index in [-0.39, 0.29) is 0 Å². The van der Waals surface area contributed by atoms with E-state index in [1.165, 1.54) is 36.9 Å². The lowest BCUT2D eigenvalue weighted by atomic mass is 10.1. The molecule has 1 aliphatic rings. The fourth-order valence-electron chi connectivity index (χ4n) is 3.02. The molecule has 0 saturated carbocycles. The highest BCUT2D eigenvalue weighted by atomic mass is 15.1. The van der Waals surface area contributed by atoms with Gasteiger partial charge in [-0.05, 0) is 51.5 Å². The second-order valence-electron chi connectivity index (χ2n) is 5.75. The molecule has 2 heterocycles. The number of aromatic nitrogens is 1. The molecule has 1 aromatic carbocycles. The van der Waals surface area contributed by atoms with Gasteiger partial charge in [0.1, 0.15) is 0 Å². The van der Waals surface area contributed by atoms with Crippen molar-refractivity contribution in [2.24, 2.45) is 0 Å². The van der Waals surface area contributed by atoms with Gasteiger partial charge in [0.05, 0.1) is 11.2 Å². The van der Waals surface area contributed by atoms with Crippen LogP contribution < -0.4 is 5.32 Å². The maximum Gasteiger partial charge on any atom is 0.0705 e. The van der Waals surface area contributed by atoms with Crippen molar-refractivity contribution in [2.45, 2.75) is 31.8 Å². The van der Waals surface area contributed by atoms with E-state index in [9.17, 15) is 0 Å². The minimum Gasteiger partial charge on any atom is -0.317 e. The van der Waals surface area contributed by atoms with Gasteiger partial charge in [-0.3, -0.25) is 9.88 Å². The SMILES string of the molecule is CN(Cc1ccc2ccccc2n1)C1CCCNCC1. The summed E-state index contributed by atoms with van der Waals surface area (Å²) in [7, 11) is 2.23. The van der Waals surface area contributed by atoms with Crippen LogP contribution in [0, 0.1) is 0 Å². The highest BCUT2D eigenvalue weighted by molar-refractivity contribution is 5.78. The van der Waals surface area contributed by atoms with E-state index in [1.54, 1.807) is 0 Å². The Morgan fingerprint density at radius 1 is 1.15 bits per heavy atom. The van der Waals surface area contributed by atoms with Gasteiger partial charge in [0.25, 0.3) is 0 Å². The first-order chi connectivity index (χ1) is 9.83. The molecule has 3 rings (SSSR count). The molecule has 1 aromatic heterocycles. The van der Waals surface area contributed by atoms with Gasteiger partial charge >= 0.3 is 0 Å². The Morgan fingerprint density at radius 2 is 2.05 bits per heavy atom. The van der Waals surface area contributed by atoms with E-state index < -0.39 is 0 Å². The number of pyridine rings is 1. The largest absolute Gasteiger partial charge is 0.317 e. The van der Waals surface area contributed by atoms with Crippen LogP contribution in [0.2, 0.25) is 0 Å². The van der Waals surface area contributed by atoms with Crippen molar-refractivity contribution in [3.05, 3.63) is 42.1 Å². The Hall–Kier alpha value is -1.45. The summed E-state index contributed by atoms with van der Waals surface area (Å²) in [4.78, 5) is 7.24. The molecule has 3 nitrogen and oxygen atoms in total. The number of hydrogen-bond acceptors (Lipinski definition) is 3. The lowest BCUT2D eigenvalue weighted by molar-refractivity contribution is 0.214. The Labute approximate surface area is 121 Å². The number of para-hydroxylation sites is 1. The first-order valence-corrected chi connectivity index (χ1v) is 7.58. The number of fused-ring (bicyclic) bond motifs is 1. The van der Waals surface area contributed by atoms with Crippen molar-refractivity contribution in [1.82, 2.24) is 15.2 Å². The van der Waals surface area contributed by atoms with Crippen LogP contribution in [-0.2, 0) is 6.54 Å². The van der Waals surface area contributed by atoms with Gasteiger partial charge < -0.3 is 5.32 Å². The van der Waals surface area contributed by atoms with Crippen molar-refractivity contribution in [1.29, 1.82) is 0 Å². The third kappa shape index (κ3) is 3.17. The summed E-state index contributed by atoms with van der Waals surface area (Å²) >= 11 is 0. The molecule has 2 aromatic rings. The number of nitrogens with zero attached hydrogens (tertiary/aromatic N) is 2. The summed E-state index contributed by atoms with van der Waals surface area (Å²) in [6.45, 7) is 3.24. The average molecular weight is 269 g/mol. The zero-order chi connectivity index (χ0) is 13.8. The summed E-state index contributed by atoms with van der Waals surface area (Å²) in [6, 6.07) is 13.3. The molecule has 0 aliphatic carbocycles. The monoisotopic (exact) mass is 269 g/mol. The van der Waals surface area contributed by atoms with Crippen molar-refractivity contribution in [2.75, 3.05) is 20.1 Å². The first kappa shape index (κ1) is 13.5. The fourth-order valence-corrected chi connectivity index (χ4v) is 3.02. The molecule has 0 amide bonds. The van der Waals surface area contributed by atoms with Crippen LogP contribution in [-0.4, -0.2) is 36.1 Å². The van der Waals surface area contributed by atoms with E-state index in [1.807, 2.05) is 0 Å². The van der Waals surface area contributed by atoms with E-state index in [0.717, 1.165) is 18.6 Å². The summed E-state index contributed by atoms with van der Waals surface area (Å²) in [5, 5.41) is 4.70. The van der Waals surface area contributed by atoms with Crippen LogP contribution in [0.1, 0.15) is 25.0 Å². The molecule has 1 aliphatic heterocycles. The van der Waals surface area contributed by atoms with E-state index in [4.69, 9.17) is 4.98 Å². The average Bonchev–Trinajstić information content (AvgIpc) is 2.76. The van der Waals surface area contributed by atoms with Gasteiger partial charge in [-0.2, -0.15) is 0 Å². The second kappa shape index (κ2) is 6.33. The van der Waals surface area contributed by atoms with Gasteiger partial charge in [0.15, 0.2) is 0 Å². The van der Waals surface area contributed by atoms with Gasteiger partial charge in [0, 0.05) is 18.0 Å². The Kier molecular flexibility index (Phi) is 4.28. The maximum atomic E-state index is 4.78. The molecule has 0 spiro atoms. The van der Waals surface area contributed by atoms with Crippen molar-refractivity contribution >= 4 is 10.9 Å². The summed E-state index contributed by atoms with van der Waals surface area (Å²) in [5.74, 6) is 0. The summed E-state index contributed by atoms with van der Waals surface area (Å²) in [6.07, 6.45) is 3.81. The minimum atomic E-state index is 0.679. The molecule has 1 fully saturated rings. The van der Waals surface area contributed by atoms with Crippen molar-refractivity contribution in [3.8, 4) is 0 Å².